The van der Waals surface area contributed by atoms with Gasteiger partial charge in [0.15, 0.2) is 0 Å². The van der Waals surface area contributed by atoms with Crippen LogP contribution in [0.25, 0.3) is 0 Å². The second-order valence-electron chi connectivity index (χ2n) is 3.97. The van der Waals surface area contributed by atoms with E-state index in [0.717, 1.165) is 12.3 Å². The minimum Gasteiger partial charge on any atom is -0.395 e. The first-order valence-corrected chi connectivity index (χ1v) is 4.42. The summed E-state index contributed by atoms with van der Waals surface area (Å²) >= 11 is 0. The third-order valence-electron chi connectivity index (χ3n) is 2.18. The molecule has 0 aromatic carbocycles. The fourth-order valence-electron chi connectivity index (χ4n) is 1.04. The molecule has 0 aliphatic carbocycles. The number of aliphatic hydroxyl groups excluding tert-OH is 1. The van der Waals surface area contributed by atoms with E-state index in [1.807, 2.05) is 0 Å². The molecule has 0 saturated carbocycles. The summed E-state index contributed by atoms with van der Waals surface area (Å²) in [6.07, 6.45) is -3.58. The van der Waals surface area contributed by atoms with E-state index in [9.17, 15) is 13.2 Å². The molecule has 1 aromatic rings. The first-order valence-electron chi connectivity index (χ1n) is 4.42. The average molecular weight is 219 g/mol. The van der Waals surface area contributed by atoms with Crippen molar-refractivity contribution in [2.24, 2.45) is 0 Å². The summed E-state index contributed by atoms with van der Waals surface area (Å²) in [6, 6.07) is 2.26. The molecule has 15 heavy (non-hydrogen) atoms. The highest BCUT2D eigenvalue weighted by atomic mass is 19.4. The maximum atomic E-state index is 12.2. The SMILES string of the molecule is CC(C)(CO)c1ccc(C(F)(F)F)cn1. The van der Waals surface area contributed by atoms with E-state index >= 15 is 0 Å². The highest BCUT2D eigenvalue weighted by Gasteiger charge is 2.31. The lowest BCUT2D eigenvalue weighted by Crippen LogP contribution is -2.23. The van der Waals surface area contributed by atoms with Crippen molar-refractivity contribution in [3.05, 3.63) is 29.6 Å². The predicted octanol–water partition coefficient (Wildman–Crippen LogP) is 2.37. The van der Waals surface area contributed by atoms with Gasteiger partial charge in [0.2, 0.25) is 0 Å². The minimum atomic E-state index is -4.37. The molecule has 1 aromatic heterocycles. The number of alkyl halides is 3. The van der Waals surface area contributed by atoms with Crippen LogP contribution in [0.1, 0.15) is 25.1 Å². The van der Waals surface area contributed by atoms with Crippen molar-refractivity contribution in [2.75, 3.05) is 6.61 Å². The number of hydrogen-bond donors (Lipinski definition) is 1. The van der Waals surface area contributed by atoms with Crippen LogP contribution in [0.4, 0.5) is 13.2 Å². The van der Waals surface area contributed by atoms with Crippen LogP contribution in [0.2, 0.25) is 0 Å². The van der Waals surface area contributed by atoms with E-state index in [4.69, 9.17) is 5.11 Å². The van der Waals surface area contributed by atoms with Gasteiger partial charge in [-0.2, -0.15) is 13.2 Å². The Morgan fingerprint density at radius 1 is 1.27 bits per heavy atom. The molecular formula is C10H12F3NO. The fourth-order valence-corrected chi connectivity index (χ4v) is 1.04. The summed E-state index contributed by atoms with van der Waals surface area (Å²) in [4.78, 5) is 3.71. The summed E-state index contributed by atoms with van der Waals surface area (Å²) in [6.45, 7) is 3.26. The zero-order chi connectivity index (χ0) is 11.7. The van der Waals surface area contributed by atoms with Gasteiger partial charge in [-0.25, -0.2) is 0 Å². The summed E-state index contributed by atoms with van der Waals surface area (Å²) in [5.74, 6) is 0. The first-order chi connectivity index (χ1) is 6.77. The Hall–Kier alpha value is -1.10. The molecule has 0 fully saturated rings. The minimum absolute atomic E-state index is 0.161. The lowest BCUT2D eigenvalue weighted by atomic mass is 9.90. The van der Waals surface area contributed by atoms with Crippen molar-refractivity contribution in [2.45, 2.75) is 25.4 Å². The molecule has 2 nitrogen and oxygen atoms in total. The number of pyridine rings is 1. The second-order valence-corrected chi connectivity index (χ2v) is 3.97. The molecule has 0 spiro atoms. The van der Waals surface area contributed by atoms with Gasteiger partial charge in [-0.05, 0) is 12.1 Å². The largest absolute Gasteiger partial charge is 0.417 e. The molecule has 0 amide bonds. The molecule has 0 unspecified atom stereocenters. The van der Waals surface area contributed by atoms with Crippen LogP contribution in [0.5, 0.6) is 0 Å². The Bertz CT molecular complexity index is 330. The topological polar surface area (TPSA) is 33.1 Å². The van der Waals surface area contributed by atoms with Crippen molar-refractivity contribution in [3.63, 3.8) is 0 Å². The maximum Gasteiger partial charge on any atom is 0.417 e. The number of aromatic nitrogens is 1. The molecule has 84 valence electrons. The van der Waals surface area contributed by atoms with Crippen LogP contribution >= 0.6 is 0 Å². The highest BCUT2D eigenvalue weighted by molar-refractivity contribution is 5.21. The lowest BCUT2D eigenvalue weighted by molar-refractivity contribution is -0.137. The summed E-state index contributed by atoms with van der Waals surface area (Å²) in [5, 5.41) is 9.01. The average Bonchev–Trinajstić information content (AvgIpc) is 2.17. The third kappa shape index (κ3) is 2.68. The fraction of sp³-hybridized carbons (Fsp3) is 0.500. The van der Waals surface area contributed by atoms with Crippen molar-refractivity contribution < 1.29 is 18.3 Å². The molecule has 1 rings (SSSR count). The van der Waals surface area contributed by atoms with E-state index in [1.54, 1.807) is 13.8 Å². The van der Waals surface area contributed by atoms with Gasteiger partial charge in [0.05, 0.1) is 12.2 Å². The molecule has 1 heterocycles. The quantitative estimate of drug-likeness (QED) is 0.828. The van der Waals surface area contributed by atoms with Crippen LogP contribution in [-0.2, 0) is 11.6 Å². The molecular weight excluding hydrogens is 207 g/mol. The van der Waals surface area contributed by atoms with Gasteiger partial charge in [-0.15, -0.1) is 0 Å². The Labute approximate surface area is 85.8 Å². The second kappa shape index (κ2) is 3.81. The van der Waals surface area contributed by atoms with Gasteiger partial charge < -0.3 is 5.11 Å². The summed E-state index contributed by atoms with van der Waals surface area (Å²) < 4.78 is 36.6. The Morgan fingerprint density at radius 2 is 1.87 bits per heavy atom. The summed E-state index contributed by atoms with van der Waals surface area (Å²) in [5.41, 5.74) is -0.956. The third-order valence-corrected chi connectivity index (χ3v) is 2.18. The number of rotatable bonds is 2. The van der Waals surface area contributed by atoms with Crippen LogP contribution in [-0.4, -0.2) is 16.7 Å². The smallest absolute Gasteiger partial charge is 0.395 e. The highest BCUT2D eigenvalue weighted by Crippen LogP contribution is 2.29. The molecule has 1 N–H and O–H groups in total. The normalized spacial score (nSPS) is 12.9. The number of nitrogens with zero attached hydrogens (tertiary/aromatic N) is 1. The number of halogens is 3. The molecule has 0 aliphatic rings. The molecule has 0 radical (unpaired) electrons. The summed E-state index contributed by atoms with van der Waals surface area (Å²) in [7, 11) is 0. The van der Waals surface area contributed by atoms with E-state index in [2.05, 4.69) is 4.98 Å². The van der Waals surface area contributed by atoms with E-state index in [1.165, 1.54) is 6.07 Å². The maximum absolute atomic E-state index is 12.2. The number of aliphatic hydroxyl groups is 1. The lowest BCUT2D eigenvalue weighted by Gasteiger charge is -2.21. The first kappa shape index (κ1) is 12.0. The zero-order valence-electron chi connectivity index (χ0n) is 8.47. The van der Waals surface area contributed by atoms with Crippen molar-refractivity contribution in [1.29, 1.82) is 0 Å². The van der Waals surface area contributed by atoms with Crippen LogP contribution in [0, 0.1) is 0 Å². The molecule has 0 bridgehead atoms. The molecule has 0 atom stereocenters. The standard InChI is InChI=1S/C10H12F3NO/c1-9(2,6-15)8-4-3-7(5-14-8)10(11,12)13/h3-5,15H,6H2,1-2H3. The van der Waals surface area contributed by atoms with Gasteiger partial charge in [-0.3, -0.25) is 4.98 Å². The van der Waals surface area contributed by atoms with Gasteiger partial charge in [0.1, 0.15) is 0 Å². The molecule has 0 saturated heterocycles. The van der Waals surface area contributed by atoms with Crippen molar-refractivity contribution in [1.82, 2.24) is 4.98 Å². The van der Waals surface area contributed by atoms with Crippen LogP contribution in [0.3, 0.4) is 0 Å². The Kier molecular flexibility index (Phi) is 3.04. The molecule has 0 aliphatic heterocycles. The van der Waals surface area contributed by atoms with Gasteiger partial charge in [0.25, 0.3) is 0 Å². The van der Waals surface area contributed by atoms with Gasteiger partial charge in [0, 0.05) is 17.3 Å². The molecule has 5 heteroatoms. The Morgan fingerprint density at radius 3 is 2.20 bits per heavy atom. The Balaban J connectivity index is 3.01. The van der Waals surface area contributed by atoms with Crippen molar-refractivity contribution >= 4 is 0 Å². The van der Waals surface area contributed by atoms with E-state index in [0.29, 0.717) is 5.69 Å². The van der Waals surface area contributed by atoms with Gasteiger partial charge in [-0.1, -0.05) is 13.8 Å². The van der Waals surface area contributed by atoms with E-state index < -0.39 is 17.2 Å². The monoisotopic (exact) mass is 219 g/mol. The van der Waals surface area contributed by atoms with Gasteiger partial charge >= 0.3 is 6.18 Å². The van der Waals surface area contributed by atoms with Crippen LogP contribution < -0.4 is 0 Å². The van der Waals surface area contributed by atoms with Crippen molar-refractivity contribution in [3.8, 4) is 0 Å². The van der Waals surface area contributed by atoms with E-state index in [-0.39, 0.29) is 6.61 Å². The predicted molar refractivity (Wildman–Crippen MR) is 49.4 cm³/mol. The number of hydrogen-bond acceptors (Lipinski definition) is 2. The zero-order valence-corrected chi connectivity index (χ0v) is 8.47. The van der Waals surface area contributed by atoms with Crippen LogP contribution in [0.15, 0.2) is 18.3 Å².